The number of nitrogens with one attached hydrogen (secondary N) is 1. The summed E-state index contributed by atoms with van der Waals surface area (Å²) in [6.07, 6.45) is 0.666. The molecule has 0 aliphatic rings. The van der Waals surface area contributed by atoms with Crippen LogP contribution in [-0.4, -0.2) is 35.6 Å². The fraction of sp³-hybridized carbons (Fsp3) is 0.300. The van der Waals surface area contributed by atoms with E-state index in [1.165, 1.54) is 4.90 Å². The van der Waals surface area contributed by atoms with Gasteiger partial charge < -0.3 is 15.3 Å². The van der Waals surface area contributed by atoms with Crippen LogP contribution >= 0.6 is 0 Å². The Hall–Kier alpha value is -2.82. The molecule has 2 N–H and O–H groups in total. The highest BCUT2D eigenvalue weighted by Gasteiger charge is 2.21. The zero-order chi connectivity index (χ0) is 18.2. The number of carbonyl (C=O) groups is 2. The molecule has 2 amide bonds. The van der Waals surface area contributed by atoms with E-state index in [9.17, 15) is 9.59 Å². The molecule has 5 heteroatoms. The van der Waals surface area contributed by atoms with Gasteiger partial charge in [0.2, 0.25) is 0 Å². The van der Waals surface area contributed by atoms with Crippen LogP contribution in [0.3, 0.4) is 0 Å². The normalized spacial score (nSPS) is 12.9. The number of benzene rings is 2. The smallest absolute Gasteiger partial charge is 0.317 e. The van der Waals surface area contributed by atoms with Crippen molar-refractivity contribution >= 4 is 12.0 Å². The van der Waals surface area contributed by atoms with E-state index in [2.05, 4.69) is 5.32 Å². The van der Waals surface area contributed by atoms with Gasteiger partial charge in [-0.15, -0.1) is 0 Å². The van der Waals surface area contributed by atoms with E-state index < -0.39 is 11.9 Å². The largest absolute Gasteiger partial charge is 0.481 e. The minimum absolute atomic E-state index is 0.161. The predicted molar refractivity (Wildman–Crippen MR) is 97.3 cm³/mol. The topological polar surface area (TPSA) is 69.6 Å². The van der Waals surface area contributed by atoms with Gasteiger partial charge in [0.25, 0.3) is 0 Å². The van der Waals surface area contributed by atoms with Gasteiger partial charge in [0.05, 0.1) is 12.0 Å². The Kier molecular flexibility index (Phi) is 6.57. The van der Waals surface area contributed by atoms with Crippen molar-refractivity contribution in [2.24, 2.45) is 5.92 Å². The summed E-state index contributed by atoms with van der Waals surface area (Å²) in [5.74, 6) is -1.52. The number of carboxylic acid groups (broad SMARTS) is 1. The molecule has 132 valence electrons. The molecular formula is C20H24N2O3. The fourth-order valence-electron chi connectivity index (χ4n) is 2.62. The van der Waals surface area contributed by atoms with E-state index in [0.29, 0.717) is 6.42 Å². The van der Waals surface area contributed by atoms with Gasteiger partial charge in [-0.25, -0.2) is 4.79 Å². The number of carboxylic acids is 1. The lowest BCUT2D eigenvalue weighted by molar-refractivity contribution is -0.141. The third kappa shape index (κ3) is 5.64. The minimum atomic E-state index is -0.913. The number of carbonyl (C=O) groups excluding carboxylic acids is 1. The molecule has 0 heterocycles. The maximum Gasteiger partial charge on any atom is 0.317 e. The lowest BCUT2D eigenvalue weighted by Gasteiger charge is -2.25. The predicted octanol–water partition coefficient (Wildman–Crippen LogP) is 3.33. The van der Waals surface area contributed by atoms with Crippen molar-refractivity contribution in [1.82, 2.24) is 10.2 Å². The van der Waals surface area contributed by atoms with E-state index in [4.69, 9.17) is 5.11 Å². The van der Waals surface area contributed by atoms with Crippen LogP contribution in [0.2, 0.25) is 0 Å². The summed E-state index contributed by atoms with van der Waals surface area (Å²) in [5, 5.41) is 12.0. The van der Waals surface area contributed by atoms with E-state index in [1.807, 2.05) is 60.7 Å². The Morgan fingerprint density at radius 3 is 2.16 bits per heavy atom. The number of amides is 2. The summed E-state index contributed by atoms with van der Waals surface area (Å²) in [6, 6.07) is 19.3. The van der Waals surface area contributed by atoms with Crippen molar-refractivity contribution in [3.05, 3.63) is 71.8 Å². The first-order valence-corrected chi connectivity index (χ1v) is 8.30. The first-order valence-electron chi connectivity index (χ1n) is 8.30. The minimum Gasteiger partial charge on any atom is -0.481 e. The number of urea groups is 1. The van der Waals surface area contributed by atoms with Gasteiger partial charge in [0, 0.05) is 13.6 Å². The quantitative estimate of drug-likeness (QED) is 0.812. The zero-order valence-corrected chi connectivity index (χ0v) is 14.6. The number of hydrogen-bond acceptors (Lipinski definition) is 2. The fourth-order valence-corrected chi connectivity index (χ4v) is 2.62. The van der Waals surface area contributed by atoms with Gasteiger partial charge in [0.1, 0.15) is 0 Å². The van der Waals surface area contributed by atoms with E-state index in [0.717, 1.165) is 11.1 Å². The van der Waals surface area contributed by atoms with Crippen molar-refractivity contribution in [2.45, 2.75) is 19.4 Å². The van der Waals surface area contributed by atoms with Gasteiger partial charge in [0.15, 0.2) is 0 Å². The highest BCUT2D eigenvalue weighted by molar-refractivity contribution is 5.76. The first-order chi connectivity index (χ1) is 12.0. The highest BCUT2D eigenvalue weighted by atomic mass is 16.4. The first kappa shape index (κ1) is 18.5. The molecule has 2 atom stereocenters. The van der Waals surface area contributed by atoms with Crippen LogP contribution in [0.5, 0.6) is 0 Å². The molecule has 0 aliphatic heterocycles. The van der Waals surface area contributed by atoms with Gasteiger partial charge in [-0.2, -0.15) is 0 Å². The monoisotopic (exact) mass is 340 g/mol. The van der Waals surface area contributed by atoms with Gasteiger partial charge in [-0.3, -0.25) is 4.79 Å². The molecule has 2 rings (SSSR count). The summed E-state index contributed by atoms with van der Waals surface area (Å²) in [6.45, 7) is 1.75. The molecule has 5 nitrogen and oxygen atoms in total. The zero-order valence-electron chi connectivity index (χ0n) is 14.6. The molecule has 0 saturated carbocycles. The van der Waals surface area contributed by atoms with Crippen molar-refractivity contribution in [3.63, 3.8) is 0 Å². The van der Waals surface area contributed by atoms with Crippen LogP contribution in [0, 0.1) is 5.92 Å². The molecular weight excluding hydrogens is 316 g/mol. The van der Waals surface area contributed by atoms with Gasteiger partial charge >= 0.3 is 12.0 Å². The molecule has 25 heavy (non-hydrogen) atoms. The highest BCUT2D eigenvalue weighted by Crippen LogP contribution is 2.18. The molecule has 0 saturated heterocycles. The summed E-state index contributed by atoms with van der Waals surface area (Å²) in [5.41, 5.74) is 2.14. The second-order valence-corrected chi connectivity index (χ2v) is 6.22. The van der Waals surface area contributed by atoms with Crippen molar-refractivity contribution in [2.75, 3.05) is 13.6 Å². The van der Waals surface area contributed by atoms with Crippen LogP contribution in [0.1, 0.15) is 24.1 Å². The standard InChI is InChI=1S/C20H24N2O3/c1-15(19(23)24)14-22(2)20(25)21-18(17-11-7-4-8-12-17)13-16-9-5-3-6-10-16/h3-12,15,18H,13-14H2,1-2H3,(H,21,25)(H,23,24). The van der Waals surface area contributed by atoms with Crippen molar-refractivity contribution in [3.8, 4) is 0 Å². The summed E-state index contributed by atoms with van der Waals surface area (Å²) < 4.78 is 0. The van der Waals surface area contributed by atoms with E-state index in [1.54, 1.807) is 14.0 Å². The Morgan fingerprint density at radius 2 is 1.60 bits per heavy atom. The van der Waals surface area contributed by atoms with Gasteiger partial charge in [-0.05, 0) is 17.5 Å². The molecule has 2 unspecified atom stereocenters. The Bertz CT molecular complexity index is 689. The molecule has 0 aromatic heterocycles. The molecule has 0 bridgehead atoms. The number of hydrogen-bond donors (Lipinski definition) is 2. The Morgan fingerprint density at radius 1 is 1.04 bits per heavy atom. The number of aliphatic carboxylic acids is 1. The Labute approximate surface area is 148 Å². The summed E-state index contributed by atoms with van der Waals surface area (Å²) in [7, 11) is 1.61. The molecule has 0 spiro atoms. The molecule has 2 aromatic carbocycles. The molecule has 0 aliphatic carbocycles. The van der Waals surface area contributed by atoms with E-state index in [-0.39, 0.29) is 18.6 Å². The summed E-state index contributed by atoms with van der Waals surface area (Å²) >= 11 is 0. The lowest BCUT2D eigenvalue weighted by atomic mass is 9.99. The van der Waals surface area contributed by atoms with Crippen LogP contribution < -0.4 is 5.32 Å². The van der Waals surface area contributed by atoms with Gasteiger partial charge in [-0.1, -0.05) is 67.6 Å². The second-order valence-electron chi connectivity index (χ2n) is 6.22. The third-order valence-corrected chi connectivity index (χ3v) is 4.10. The van der Waals surface area contributed by atoms with E-state index >= 15 is 0 Å². The second kappa shape index (κ2) is 8.87. The Balaban J connectivity index is 2.10. The maximum atomic E-state index is 12.5. The van der Waals surface area contributed by atoms with Crippen LogP contribution in [0.25, 0.3) is 0 Å². The maximum absolute atomic E-state index is 12.5. The van der Waals surface area contributed by atoms with Crippen LogP contribution in [-0.2, 0) is 11.2 Å². The van der Waals surface area contributed by atoms with Crippen molar-refractivity contribution < 1.29 is 14.7 Å². The molecule has 2 aromatic rings. The lowest BCUT2D eigenvalue weighted by Crippen LogP contribution is -2.42. The molecule has 0 radical (unpaired) electrons. The van der Waals surface area contributed by atoms with Crippen LogP contribution in [0.4, 0.5) is 4.79 Å². The molecule has 0 fully saturated rings. The SMILES string of the molecule is CC(CN(C)C(=O)NC(Cc1ccccc1)c1ccccc1)C(=O)O. The van der Waals surface area contributed by atoms with Crippen molar-refractivity contribution in [1.29, 1.82) is 0 Å². The summed E-state index contributed by atoms with van der Waals surface area (Å²) in [4.78, 5) is 24.9. The number of nitrogens with zero attached hydrogens (tertiary/aromatic N) is 1. The number of rotatable bonds is 7. The average Bonchev–Trinajstić information content (AvgIpc) is 2.62. The third-order valence-electron chi connectivity index (χ3n) is 4.10. The van der Waals surface area contributed by atoms with Crippen LogP contribution in [0.15, 0.2) is 60.7 Å². The average molecular weight is 340 g/mol.